The summed E-state index contributed by atoms with van der Waals surface area (Å²) in [4.78, 5) is 17.7. The molecule has 7 nitrogen and oxygen atoms in total. The molecule has 1 atom stereocenters. The van der Waals surface area contributed by atoms with E-state index in [4.69, 9.17) is 0 Å². The highest BCUT2D eigenvalue weighted by molar-refractivity contribution is 5.85. The van der Waals surface area contributed by atoms with Gasteiger partial charge >= 0.3 is 0 Å². The van der Waals surface area contributed by atoms with Crippen LogP contribution >= 0.6 is 0 Å². The number of benzene rings is 3. The third kappa shape index (κ3) is 3.33. The first-order valence-electron chi connectivity index (χ1n) is 8.59. The molecule has 0 amide bonds. The van der Waals surface area contributed by atoms with Gasteiger partial charge in [-0.05, 0) is 18.2 Å². The monoisotopic (exact) mass is 372 g/mol. The average molecular weight is 372 g/mol. The minimum absolute atomic E-state index is 0.106. The standard InChI is InChI=1S/C21H16N4O3/c26-21-17-11-5-6-12-18(17)23-20(15-8-2-1-3-9-15)24(21)22-14-16-10-4-7-13-19(16)25(27)28/h1-14,25,27H/b22-14+. The zero-order valence-corrected chi connectivity index (χ0v) is 14.7. The molecule has 1 unspecified atom stereocenters. The van der Waals surface area contributed by atoms with Crippen molar-refractivity contribution in [3.05, 3.63) is 100.0 Å². The molecule has 7 heteroatoms. The van der Waals surface area contributed by atoms with Gasteiger partial charge in [-0.25, -0.2) is 10.2 Å². The Bertz CT molecular complexity index is 1220. The summed E-state index contributed by atoms with van der Waals surface area (Å²) in [5.74, 6) is 0.383. The van der Waals surface area contributed by atoms with Crippen LogP contribution < -0.4 is 10.8 Å². The predicted molar refractivity (Wildman–Crippen MR) is 107 cm³/mol. The molecule has 0 saturated heterocycles. The Labute approximate surface area is 160 Å². The molecule has 2 N–H and O–H groups in total. The lowest BCUT2D eigenvalue weighted by atomic mass is 10.2. The van der Waals surface area contributed by atoms with Crippen molar-refractivity contribution in [2.24, 2.45) is 5.10 Å². The van der Waals surface area contributed by atoms with Crippen molar-refractivity contribution in [1.82, 2.24) is 9.66 Å². The molecule has 1 heterocycles. The second-order valence-corrected chi connectivity index (χ2v) is 6.07. The van der Waals surface area contributed by atoms with Crippen molar-refractivity contribution in [1.29, 1.82) is 0 Å². The molecule has 0 radical (unpaired) electrons. The molecule has 0 aliphatic rings. The predicted octanol–water partition coefficient (Wildman–Crippen LogP) is 2.35. The van der Waals surface area contributed by atoms with Gasteiger partial charge in [0.05, 0.1) is 22.7 Å². The lowest BCUT2D eigenvalue weighted by Crippen LogP contribution is -2.99. The number of hydrogen-bond acceptors (Lipinski definition) is 5. The first kappa shape index (κ1) is 17.7. The maximum absolute atomic E-state index is 13.1. The van der Waals surface area contributed by atoms with Gasteiger partial charge in [-0.3, -0.25) is 4.79 Å². The van der Waals surface area contributed by atoms with Gasteiger partial charge in [0.25, 0.3) is 5.56 Å². The van der Waals surface area contributed by atoms with Crippen molar-refractivity contribution >= 4 is 22.8 Å². The summed E-state index contributed by atoms with van der Waals surface area (Å²) in [7, 11) is 0. The zero-order chi connectivity index (χ0) is 19.5. The van der Waals surface area contributed by atoms with E-state index in [9.17, 15) is 15.2 Å². The van der Waals surface area contributed by atoms with Crippen LogP contribution in [0.25, 0.3) is 22.3 Å². The quantitative estimate of drug-likeness (QED) is 0.425. The van der Waals surface area contributed by atoms with E-state index in [0.717, 1.165) is 5.56 Å². The summed E-state index contributed by atoms with van der Waals surface area (Å²) in [5, 5.41) is 24.4. The molecule has 3 aromatic carbocycles. The van der Waals surface area contributed by atoms with Gasteiger partial charge in [0.15, 0.2) is 11.5 Å². The van der Waals surface area contributed by atoms with Crippen molar-refractivity contribution in [2.75, 3.05) is 0 Å². The number of aromatic nitrogens is 2. The fourth-order valence-electron chi connectivity index (χ4n) is 2.93. The van der Waals surface area contributed by atoms with Crippen molar-refractivity contribution in [3.8, 4) is 11.4 Å². The normalized spacial score (nSPS) is 12.5. The molecule has 1 aromatic heterocycles. The van der Waals surface area contributed by atoms with Crippen LogP contribution in [0.1, 0.15) is 5.56 Å². The minimum Gasteiger partial charge on any atom is -0.595 e. The number of nitrogens with zero attached hydrogens (tertiary/aromatic N) is 3. The highest BCUT2D eigenvalue weighted by atomic mass is 16.8. The number of nitrogens with one attached hydrogen (secondary N) is 1. The molecule has 0 aliphatic carbocycles. The third-order valence-electron chi connectivity index (χ3n) is 4.29. The van der Waals surface area contributed by atoms with Crippen molar-refractivity contribution < 1.29 is 10.4 Å². The maximum Gasteiger partial charge on any atom is 0.282 e. The van der Waals surface area contributed by atoms with Gasteiger partial charge in [-0.1, -0.05) is 54.6 Å². The molecule has 4 rings (SSSR count). The molecule has 4 aromatic rings. The van der Waals surface area contributed by atoms with Gasteiger partial charge < -0.3 is 5.21 Å². The molecule has 0 bridgehead atoms. The molecule has 0 fully saturated rings. The number of hydrogen-bond donors (Lipinski definition) is 2. The van der Waals surface area contributed by atoms with Crippen LogP contribution in [0.2, 0.25) is 0 Å². The Balaban J connectivity index is 1.93. The average Bonchev–Trinajstić information content (AvgIpc) is 2.74. The van der Waals surface area contributed by atoms with Crippen LogP contribution in [0.3, 0.4) is 0 Å². The van der Waals surface area contributed by atoms with E-state index >= 15 is 0 Å². The van der Waals surface area contributed by atoms with Crippen LogP contribution in [0.5, 0.6) is 0 Å². The van der Waals surface area contributed by atoms with E-state index in [-0.39, 0.29) is 11.2 Å². The van der Waals surface area contributed by atoms with E-state index in [2.05, 4.69) is 10.1 Å². The third-order valence-corrected chi connectivity index (χ3v) is 4.29. The molecule has 0 spiro atoms. The minimum atomic E-state index is -1.06. The van der Waals surface area contributed by atoms with Gasteiger partial charge in [0.2, 0.25) is 0 Å². The summed E-state index contributed by atoms with van der Waals surface area (Å²) >= 11 is 0. The molecule has 138 valence electrons. The maximum atomic E-state index is 13.1. The van der Waals surface area contributed by atoms with Gasteiger partial charge in [0, 0.05) is 11.6 Å². The number of quaternary nitrogens is 1. The van der Waals surface area contributed by atoms with Crippen LogP contribution in [-0.2, 0) is 0 Å². The second-order valence-electron chi connectivity index (χ2n) is 6.07. The highest BCUT2D eigenvalue weighted by Crippen LogP contribution is 2.18. The topological polar surface area (TPSA) is 95.0 Å². The summed E-state index contributed by atoms with van der Waals surface area (Å²) in [6, 6.07) is 22.8. The van der Waals surface area contributed by atoms with Gasteiger partial charge in [0.1, 0.15) is 0 Å². The van der Waals surface area contributed by atoms with E-state index < -0.39 is 5.23 Å². The lowest BCUT2D eigenvalue weighted by Gasteiger charge is -2.13. The van der Waals surface area contributed by atoms with Crippen LogP contribution in [0.15, 0.2) is 88.8 Å². The van der Waals surface area contributed by atoms with Crippen molar-refractivity contribution in [2.45, 2.75) is 0 Å². The Kier molecular flexibility index (Phi) is 4.77. The Morgan fingerprint density at radius 1 is 0.964 bits per heavy atom. The Hall–Kier alpha value is -3.65. The molecular formula is C21H16N4O3. The number of para-hydroxylation sites is 2. The van der Waals surface area contributed by atoms with Crippen LogP contribution in [0, 0.1) is 5.21 Å². The van der Waals surface area contributed by atoms with E-state index in [1.165, 1.54) is 17.0 Å². The largest absolute Gasteiger partial charge is 0.595 e. The van der Waals surface area contributed by atoms with E-state index in [1.807, 2.05) is 36.4 Å². The first-order valence-corrected chi connectivity index (χ1v) is 8.59. The highest BCUT2D eigenvalue weighted by Gasteiger charge is 2.12. The lowest BCUT2D eigenvalue weighted by molar-refractivity contribution is -0.991. The molecule has 0 saturated carbocycles. The smallest absolute Gasteiger partial charge is 0.282 e. The second kappa shape index (κ2) is 7.53. The zero-order valence-electron chi connectivity index (χ0n) is 14.7. The van der Waals surface area contributed by atoms with E-state index in [1.54, 1.807) is 36.4 Å². The Morgan fingerprint density at radius 3 is 2.43 bits per heavy atom. The van der Waals surface area contributed by atoms with Gasteiger partial charge in [-0.15, -0.1) is 0 Å². The van der Waals surface area contributed by atoms with E-state index in [0.29, 0.717) is 22.3 Å². The fraction of sp³-hybridized carbons (Fsp3) is 0. The van der Waals surface area contributed by atoms with Crippen molar-refractivity contribution in [3.63, 3.8) is 0 Å². The summed E-state index contributed by atoms with van der Waals surface area (Å²) in [6.45, 7) is 0. The summed E-state index contributed by atoms with van der Waals surface area (Å²) in [6.07, 6.45) is 1.37. The number of rotatable bonds is 4. The fourth-order valence-corrected chi connectivity index (χ4v) is 2.93. The number of fused-ring (bicyclic) bond motifs is 1. The molecule has 0 aliphatic heterocycles. The molecular weight excluding hydrogens is 356 g/mol. The van der Waals surface area contributed by atoms with Crippen LogP contribution in [-0.4, -0.2) is 21.1 Å². The Morgan fingerprint density at radius 2 is 1.64 bits per heavy atom. The SMILES string of the molecule is O=c1c2ccccc2nc(-c2ccccc2)n1/N=C/c1ccccc1[NH+]([O-])O. The van der Waals surface area contributed by atoms with Crippen LogP contribution in [0.4, 0.5) is 5.69 Å². The first-order chi connectivity index (χ1) is 13.6. The van der Waals surface area contributed by atoms with Gasteiger partial charge in [-0.2, -0.15) is 15.0 Å². The summed E-state index contributed by atoms with van der Waals surface area (Å²) in [5.41, 5.74) is 1.48. The molecule has 28 heavy (non-hydrogen) atoms. The summed E-state index contributed by atoms with van der Waals surface area (Å²) < 4.78 is 1.20.